The minimum absolute atomic E-state index is 0.991. The molecule has 0 saturated carbocycles. The molecule has 0 radical (unpaired) electrons. The van der Waals surface area contributed by atoms with Crippen LogP contribution in [0.1, 0.15) is 12.8 Å². The molecular formula is C11H12BrNS2. The maximum atomic E-state index is 5.37. The van der Waals surface area contributed by atoms with E-state index in [-0.39, 0.29) is 0 Å². The average Bonchev–Trinajstić information content (AvgIpc) is 2.56. The van der Waals surface area contributed by atoms with Gasteiger partial charge in [-0.25, -0.2) is 0 Å². The zero-order chi connectivity index (χ0) is 10.7. The molecule has 80 valence electrons. The Hall–Kier alpha value is -0.190. The summed E-state index contributed by atoms with van der Waals surface area (Å²) in [5.74, 6) is 0. The van der Waals surface area contributed by atoms with E-state index in [1.54, 1.807) is 11.3 Å². The first-order chi connectivity index (χ1) is 7.33. The Morgan fingerprint density at radius 2 is 2.07 bits per heavy atom. The van der Waals surface area contributed by atoms with Gasteiger partial charge in [0.2, 0.25) is 0 Å². The molecule has 0 aliphatic rings. The molecule has 0 saturated heterocycles. The second-order valence-electron chi connectivity index (χ2n) is 3.38. The number of alkyl halides is 1. The summed E-state index contributed by atoms with van der Waals surface area (Å²) in [7, 11) is 0. The third kappa shape index (κ3) is 2.49. The van der Waals surface area contributed by atoms with E-state index < -0.39 is 0 Å². The van der Waals surface area contributed by atoms with Crippen LogP contribution in [0.5, 0.6) is 0 Å². The molecule has 0 bridgehead atoms. The molecule has 1 aromatic heterocycles. The lowest BCUT2D eigenvalue weighted by Gasteiger charge is -2.03. The number of hydrogen-bond donors (Lipinski definition) is 0. The first kappa shape index (κ1) is 11.3. The van der Waals surface area contributed by atoms with E-state index in [0.717, 1.165) is 15.8 Å². The number of hydrogen-bond acceptors (Lipinski definition) is 2. The number of nitrogens with zero attached hydrogens (tertiary/aromatic N) is 1. The SMILES string of the molecule is S=c1sc2ccccc2n1CCCCBr. The zero-order valence-corrected chi connectivity index (χ0v) is 11.5. The number of aryl methyl sites for hydroxylation is 1. The van der Waals surface area contributed by atoms with Gasteiger partial charge in [-0.2, -0.15) is 0 Å². The molecule has 2 aromatic rings. The Bertz CT molecular complexity index is 501. The van der Waals surface area contributed by atoms with Crippen LogP contribution in [-0.4, -0.2) is 9.90 Å². The van der Waals surface area contributed by atoms with E-state index in [2.05, 4.69) is 44.8 Å². The highest BCUT2D eigenvalue weighted by Crippen LogP contribution is 2.23. The van der Waals surface area contributed by atoms with Crippen LogP contribution in [0.3, 0.4) is 0 Å². The summed E-state index contributed by atoms with van der Waals surface area (Å²) in [6.07, 6.45) is 2.38. The third-order valence-corrected chi connectivity index (χ3v) is 4.33. The number of benzene rings is 1. The van der Waals surface area contributed by atoms with Crippen LogP contribution >= 0.6 is 39.5 Å². The molecule has 0 fully saturated rings. The molecule has 15 heavy (non-hydrogen) atoms. The number of para-hydroxylation sites is 1. The molecule has 1 aromatic carbocycles. The fraction of sp³-hybridized carbons (Fsp3) is 0.364. The highest BCUT2D eigenvalue weighted by molar-refractivity contribution is 9.09. The summed E-state index contributed by atoms with van der Waals surface area (Å²) >= 11 is 10.5. The molecular weight excluding hydrogens is 290 g/mol. The Morgan fingerprint density at radius 1 is 1.27 bits per heavy atom. The van der Waals surface area contributed by atoms with Crippen molar-refractivity contribution >= 4 is 49.7 Å². The first-order valence-corrected chi connectivity index (χ1v) is 7.32. The van der Waals surface area contributed by atoms with E-state index in [1.807, 2.05) is 0 Å². The fourth-order valence-electron chi connectivity index (χ4n) is 1.59. The number of unbranched alkanes of at least 4 members (excludes halogenated alkanes) is 1. The Morgan fingerprint density at radius 3 is 2.87 bits per heavy atom. The maximum Gasteiger partial charge on any atom is 0.162 e. The summed E-state index contributed by atoms with van der Waals surface area (Å²) < 4.78 is 4.53. The van der Waals surface area contributed by atoms with Crippen LogP contribution < -0.4 is 0 Å². The minimum Gasteiger partial charge on any atom is -0.323 e. The molecule has 0 atom stereocenters. The average molecular weight is 302 g/mol. The summed E-state index contributed by atoms with van der Waals surface area (Å²) in [4.78, 5) is 0. The largest absolute Gasteiger partial charge is 0.323 e. The van der Waals surface area contributed by atoms with Gasteiger partial charge in [-0.05, 0) is 37.2 Å². The van der Waals surface area contributed by atoms with Gasteiger partial charge in [-0.3, -0.25) is 0 Å². The van der Waals surface area contributed by atoms with Crippen molar-refractivity contribution in [3.05, 3.63) is 28.2 Å². The summed E-state index contributed by atoms with van der Waals surface area (Å²) in [6, 6.07) is 8.42. The number of aromatic nitrogens is 1. The van der Waals surface area contributed by atoms with Crippen LogP contribution in [-0.2, 0) is 6.54 Å². The van der Waals surface area contributed by atoms with E-state index in [4.69, 9.17) is 12.2 Å². The van der Waals surface area contributed by atoms with Crippen LogP contribution in [0.4, 0.5) is 0 Å². The van der Waals surface area contributed by atoms with Gasteiger partial charge >= 0.3 is 0 Å². The van der Waals surface area contributed by atoms with Crippen LogP contribution in [0.15, 0.2) is 24.3 Å². The Balaban J connectivity index is 2.33. The molecule has 0 aliphatic carbocycles. The molecule has 1 heterocycles. The first-order valence-electron chi connectivity index (χ1n) is 4.97. The van der Waals surface area contributed by atoms with Crippen molar-refractivity contribution in [2.45, 2.75) is 19.4 Å². The standard InChI is InChI=1S/C11H12BrNS2/c12-7-3-4-8-13-9-5-1-2-6-10(9)15-11(13)14/h1-2,5-6H,3-4,7-8H2. The number of rotatable bonds is 4. The molecule has 0 amide bonds. The monoisotopic (exact) mass is 301 g/mol. The molecule has 2 rings (SSSR count). The van der Waals surface area contributed by atoms with Crippen molar-refractivity contribution in [3.8, 4) is 0 Å². The van der Waals surface area contributed by atoms with Gasteiger partial charge in [0.1, 0.15) is 0 Å². The number of thiazole rings is 1. The van der Waals surface area contributed by atoms with Gasteiger partial charge in [-0.1, -0.05) is 28.1 Å². The summed E-state index contributed by atoms with van der Waals surface area (Å²) in [5.41, 5.74) is 1.28. The van der Waals surface area contributed by atoms with Crippen molar-refractivity contribution in [2.75, 3.05) is 5.33 Å². The van der Waals surface area contributed by atoms with Gasteiger partial charge in [0.25, 0.3) is 0 Å². The van der Waals surface area contributed by atoms with Gasteiger partial charge in [-0.15, -0.1) is 11.3 Å². The lowest BCUT2D eigenvalue weighted by molar-refractivity contribution is 0.653. The predicted molar refractivity (Wildman–Crippen MR) is 73.7 cm³/mol. The normalized spacial score (nSPS) is 11.0. The van der Waals surface area contributed by atoms with Gasteiger partial charge in [0, 0.05) is 11.9 Å². The molecule has 0 N–H and O–H groups in total. The zero-order valence-electron chi connectivity index (χ0n) is 8.28. The maximum absolute atomic E-state index is 5.37. The van der Waals surface area contributed by atoms with Crippen molar-refractivity contribution in [3.63, 3.8) is 0 Å². The van der Waals surface area contributed by atoms with Gasteiger partial charge in [0.15, 0.2) is 3.95 Å². The molecule has 0 unspecified atom stereocenters. The minimum atomic E-state index is 0.991. The lowest BCUT2D eigenvalue weighted by Crippen LogP contribution is -1.97. The topological polar surface area (TPSA) is 4.93 Å². The van der Waals surface area contributed by atoms with E-state index in [0.29, 0.717) is 0 Å². The fourth-order valence-corrected chi connectivity index (χ4v) is 3.36. The van der Waals surface area contributed by atoms with Gasteiger partial charge in [0.05, 0.1) is 10.2 Å². The second-order valence-corrected chi connectivity index (χ2v) is 5.85. The molecule has 1 nitrogen and oxygen atoms in total. The van der Waals surface area contributed by atoms with Gasteiger partial charge < -0.3 is 4.57 Å². The molecule has 4 heteroatoms. The number of halogens is 1. The third-order valence-electron chi connectivity index (χ3n) is 2.34. The number of fused-ring (bicyclic) bond motifs is 1. The smallest absolute Gasteiger partial charge is 0.162 e. The van der Waals surface area contributed by atoms with Crippen molar-refractivity contribution in [1.82, 2.24) is 4.57 Å². The lowest BCUT2D eigenvalue weighted by atomic mass is 10.3. The molecule has 0 aliphatic heterocycles. The van der Waals surface area contributed by atoms with Crippen molar-refractivity contribution < 1.29 is 0 Å². The van der Waals surface area contributed by atoms with Crippen molar-refractivity contribution in [1.29, 1.82) is 0 Å². The quantitative estimate of drug-likeness (QED) is 0.454. The highest BCUT2D eigenvalue weighted by atomic mass is 79.9. The Kier molecular flexibility index (Phi) is 3.94. The van der Waals surface area contributed by atoms with E-state index >= 15 is 0 Å². The van der Waals surface area contributed by atoms with E-state index in [1.165, 1.54) is 23.1 Å². The van der Waals surface area contributed by atoms with Crippen LogP contribution in [0.25, 0.3) is 10.2 Å². The Labute approximate surface area is 107 Å². The summed E-state index contributed by atoms with van der Waals surface area (Å²) in [6.45, 7) is 1.04. The molecule has 0 spiro atoms. The highest BCUT2D eigenvalue weighted by Gasteiger charge is 2.02. The summed E-state index contributed by atoms with van der Waals surface area (Å²) in [5, 5.41) is 1.07. The second kappa shape index (κ2) is 5.23. The van der Waals surface area contributed by atoms with Crippen molar-refractivity contribution in [2.24, 2.45) is 0 Å². The van der Waals surface area contributed by atoms with Crippen LogP contribution in [0, 0.1) is 3.95 Å². The predicted octanol–water partition coefficient (Wildman–Crippen LogP) is 4.61. The van der Waals surface area contributed by atoms with Crippen LogP contribution in [0.2, 0.25) is 0 Å². The van der Waals surface area contributed by atoms with E-state index in [9.17, 15) is 0 Å².